The van der Waals surface area contributed by atoms with E-state index < -0.39 is 0 Å². The monoisotopic (exact) mass is 445 g/mol. The van der Waals surface area contributed by atoms with E-state index in [9.17, 15) is 4.79 Å². The Hall–Kier alpha value is -3.58. The number of fused-ring (bicyclic) bond motifs is 2. The molecule has 32 heavy (non-hydrogen) atoms. The van der Waals surface area contributed by atoms with E-state index in [1.807, 2.05) is 67.6 Å². The van der Waals surface area contributed by atoms with Crippen LogP contribution in [0, 0.1) is 6.92 Å². The van der Waals surface area contributed by atoms with Crippen molar-refractivity contribution in [2.45, 2.75) is 11.8 Å². The van der Waals surface area contributed by atoms with Crippen LogP contribution in [0.1, 0.15) is 11.3 Å². The van der Waals surface area contributed by atoms with Gasteiger partial charge in [0.2, 0.25) is 5.91 Å². The predicted molar refractivity (Wildman–Crippen MR) is 130 cm³/mol. The number of hydrogen-bond acceptors (Lipinski definition) is 6. The molecule has 0 aliphatic rings. The molecule has 1 heterocycles. The molecule has 3 aromatic carbocycles. The summed E-state index contributed by atoms with van der Waals surface area (Å²) in [7, 11) is 3.24. The number of hydrogen-bond donors (Lipinski definition) is 1. The quantitative estimate of drug-likeness (QED) is 0.247. The summed E-state index contributed by atoms with van der Waals surface area (Å²) in [5.41, 5.74) is 5.09. The maximum atomic E-state index is 12.5. The zero-order chi connectivity index (χ0) is 22.5. The molecule has 0 atom stereocenters. The standard InChI is InChI=1S/C25H23N3O3S/c1-16-13-23(19-9-6-10-22(31-3)25(19)27-16)32-15-24(29)28-26-14-20-18-8-5-4-7-17(18)11-12-21(20)30-2/h4-14H,15H2,1-3H3,(H,28,29). The number of carbonyl (C=O) groups is 1. The third-order valence-electron chi connectivity index (χ3n) is 5.00. The van der Waals surface area contributed by atoms with E-state index in [4.69, 9.17) is 9.47 Å². The molecule has 0 aliphatic heterocycles. The van der Waals surface area contributed by atoms with Gasteiger partial charge in [-0.2, -0.15) is 5.10 Å². The van der Waals surface area contributed by atoms with E-state index in [1.54, 1.807) is 20.4 Å². The van der Waals surface area contributed by atoms with Crippen molar-refractivity contribution in [2.24, 2.45) is 5.10 Å². The third-order valence-corrected chi connectivity index (χ3v) is 6.06. The topological polar surface area (TPSA) is 72.8 Å². The third kappa shape index (κ3) is 4.53. The smallest absolute Gasteiger partial charge is 0.250 e. The minimum absolute atomic E-state index is 0.198. The Bertz CT molecular complexity index is 1320. The number of benzene rings is 3. The Morgan fingerprint density at radius 1 is 1.03 bits per heavy atom. The summed E-state index contributed by atoms with van der Waals surface area (Å²) in [6.07, 6.45) is 1.63. The van der Waals surface area contributed by atoms with Crippen LogP contribution in [0.5, 0.6) is 11.5 Å². The second kappa shape index (κ2) is 9.70. The Labute approximate surface area is 190 Å². The van der Waals surface area contributed by atoms with E-state index in [0.29, 0.717) is 11.5 Å². The fraction of sp³-hybridized carbons (Fsp3) is 0.160. The minimum Gasteiger partial charge on any atom is -0.496 e. The normalized spacial score (nSPS) is 11.2. The Balaban J connectivity index is 1.48. The van der Waals surface area contributed by atoms with Gasteiger partial charge in [-0.3, -0.25) is 4.79 Å². The van der Waals surface area contributed by atoms with Gasteiger partial charge in [-0.15, -0.1) is 11.8 Å². The second-order valence-electron chi connectivity index (χ2n) is 7.10. The van der Waals surface area contributed by atoms with Crippen molar-refractivity contribution in [1.29, 1.82) is 0 Å². The van der Waals surface area contributed by atoms with E-state index in [0.717, 1.165) is 37.8 Å². The number of carbonyl (C=O) groups excluding carboxylic acids is 1. The van der Waals surface area contributed by atoms with Crippen LogP contribution in [0.25, 0.3) is 21.7 Å². The second-order valence-corrected chi connectivity index (χ2v) is 8.12. The van der Waals surface area contributed by atoms with Crippen molar-refractivity contribution in [3.63, 3.8) is 0 Å². The van der Waals surface area contributed by atoms with Crippen LogP contribution in [0.4, 0.5) is 0 Å². The molecular weight excluding hydrogens is 422 g/mol. The van der Waals surface area contributed by atoms with Crippen LogP contribution in [-0.2, 0) is 4.79 Å². The van der Waals surface area contributed by atoms with Crippen molar-refractivity contribution >= 4 is 45.6 Å². The summed E-state index contributed by atoms with van der Waals surface area (Å²) in [6, 6.07) is 19.6. The first-order valence-electron chi connectivity index (χ1n) is 10.1. The molecule has 4 rings (SSSR count). The summed E-state index contributed by atoms with van der Waals surface area (Å²) in [5, 5.41) is 7.21. The van der Waals surface area contributed by atoms with Gasteiger partial charge in [0.15, 0.2) is 0 Å². The lowest BCUT2D eigenvalue weighted by Crippen LogP contribution is -2.19. The Kier molecular flexibility index (Phi) is 6.56. The molecule has 0 spiro atoms. The summed E-state index contributed by atoms with van der Waals surface area (Å²) in [4.78, 5) is 18.0. The van der Waals surface area contributed by atoms with E-state index in [1.165, 1.54) is 11.8 Å². The lowest BCUT2D eigenvalue weighted by molar-refractivity contribution is -0.118. The number of aryl methyl sites for hydroxylation is 1. The summed E-state index contributed by atoms with van der Waals surface area (Å²) >= 11 is 1.44. The SMILES string of the molecule is COc1ccc2ccccc2c1C=NNC(=O)CSc1cc(C)nc2c(OC)cccc12. The first-order valence-corrected chi connectivity index (χ1v) is 11.0. The number of nitrogens with zero attached hydrogens (tertiary/aromatic N) is 2. The molecule has 1 N–H and O–H groups in total. The lowest BCUT2D eigenvalue weighted by atomic mass is 10.0. The highest BCUT2D eigenvalue weighted by atomic mass is 32.2. The van der Waals surface area contributed by atoms with Crippen LogP contribution in [0.3, 0.4) is 0 Å². The number of aromatic nitrogens is 1. The fourth-order valence-corrected chi connectivity index (χ4v) is 4.45. The van der Waals surface area contributed by atoms with Crippen molar-refractivity contribution in [2.75, 3.05) is 20.0 Å². The van der Waals surface area contributed by atoms with Crippen molar-refractivity contribution in [3.8, 4) is 11.5 Å². The average molecular weight is 446 g/mol. The largest absolute Gasteiger partial charge is 0.496 e. The summed E-state index contributed by atoms with van der Waals surface area (Å²) < 4.78 is 10.9. The number of thioether (sulfide) groups is 1. The molecule has 0 radical (unpaired) electrons. The van der Waals surface area contributed by atoms with Crippen molar-refractivity contribution in [1.82, 2.24) is 10.4 Å². The molecule has 0 aliphatic carbocycles. The minimum atomic E-state index is -0.198. The van der Waals surface area contributed by atoms with Crippen molar-refractivity contribution < 1.29 is 14.3 Å². The highest BCUT2D eigenvalue weighted by molar-refractivity contribution is 8.00. The molecule has 1 amide bonds. The van der Waals surface area contributed by atoms with Gasteiger partial charge in [-0.25, -0.2) is 10.4 Å². The number of amides is 1. The molecule has 7 heteroatoms. The van der Waals surface area contributed by atoms with Crippen molar-refractivity contribution in [3.05, 3.63) is 71.9 Å². The molecule has 0 saturated carbocycles. The molecule has 6 nitrogen and oxygen atoms in total. The van der Waals surface area contributed by atoms with E-state index >= 15 is 0 Å². The molecule has 0 unspecified atom stereocenters. The average Bonchev–Trinajstić information content (AvgIpc) is 2.82. The predicted octanol–water partition coefficient (Wildman–Crippen LogP) is 4.96. The van der Waals surface area contributed by atoms with Crippen LogP contribution >= 0.6 is 11.8 Å². The maximum absolute atomic E-state index is 12.5. The molecule has 1 aromatic heterocycles. The maximum Gasteiger partial charge on any atom is 0.250 e. The molecular formula is C25H23N3O3S. The summed E-state index contributed by atoms with van der Waals surface area (Å²) in [6.45, 7) is 1.93. The lowest BCUT2D eigenvalue weighted by Gasteiger charge is -2.10. The Morgan fingerprint density at radius 2 is 1.81 bits per heavy atom. The van der Waals surface area contributed by atoms with Crippen LogP contribution in [0.15, 0.2) is 70.7 Å². The molecule has 0 bridgehead atoms. The zero-order valence-corrected chi connectivity index (χ0v) is 18.9. The molecule has 162 valence electrons. The zero-order valence-electron chi connectivity index (χ0n) is 18.1. The van der Waals surface area contributed by atoms with Gasteiger partial charge in [0, 0.05) is 21.5 Å². The number of nitrogens with one attached hydrogen (secondary N) is 1. The molecule has 0 fully saturated rings. The van der Waals surface area contributed by atoms with Gasteiger partial charge in [-0.05, 0) is 35.9 Å². The number of ether oxygens (including phenoxy) is 2. The van der Waals surface area contributed by atoms with Crippen LogP contribution in [-0.4, -0.2) is 37.1 Å². The number of para-hydroxylation sites is 1. The van der Waals surface area contributed by atoms with E-state index in [-0.39, 0.29) is 11.7 Å². The van der Waals surface area contributed by atoms with Gasteiger partial charge in [-0.1, -0.05) is 42.5 Å². The van der Waals surface area contributed by atoms with E-state index in [2.05, 4.69) is 15.5 Å². The summed E-state index contributed by atoms with van der Waals surface area (Å²) in [5.74, 6) is 1.44. The number of methoxy groups -OCH3 is 2. The Morgan fingerprint density at radius 3 is 2.62 bits per heavy atom. The number of hydrazone groups is 1. The van der Waals surface area contributed by atoms with Gasteiger partial charge >= 0.3 is 0 Å². The first-order chi connectivity index (χ1) is 15.6. The number of pyridine rings is 1. The van der Waals surface area contributed by atoms with Gasteiger partial charge in [0.1, 0.15) is 17.0 Å². The molecule has 4 aromatic rings. The van der Waals surface area contributed by atoms with Gasteiger partial charge in [0.05, 0.1) is 26.2 Å². The number of rotatable bonds is 7. The van der Waals surface area contributed by atoms with Gasteiger partial charge < -0.3 is 9.47 Å². The highest BCUT2D eigenvalue weighted by Gasteiger charge is 2.11. The van der Waals surface area contributed by atoms with Gasteiger partial charge in [0.25, 0.3) is 0 Å². The van der Waals surface area contributed by atoms with Crippen LogP contribution < -0.4 is 14.9 Å². The first kappa shape index (κ1) is 21.6. The fourth-order valence-electron chi connectivity index (χ4n) is 3.53. The van der Waals surface area contributed by atoms with Crippen LogP contribution in [0.2, 0.25) is 0 Å². The molecule has 0 saturated heterocycles. The highest BCUT2D eigenvalue weighted by Crippen LogP contribution is 2.32.